The zero-order chi connectivity index (χ0) is 28.2. The van der Waals surface area contributed by atoms with Crippen molar-refractivity contribution in [3.8, 4) is 22.4 Å². The number of rotatable bonds is 8. The SMILES string of the molecule is CN(CCCCN)C(=O)c1cccc(-c2ccc3ncc(-c4cc(F)cc(F)c4)c(N4CCC(=O)CC4)c3c2)n1. The summed E-state index contributed by atoms with van der Waals surface area (Å²) < 4.78 is 28.4. The molecule has 0 bridgehead atoms. The Morgan fingerprint density at radius 1 is 1.00 bits per heavy atom. The second-order valence-corrected chi connectivity index (χ2v) is 10.1. The summed E-state index contributed by atoms with van der Waals surface area (Å²) in [6.07, 6.45) is 4.07. The summed E-state index contributed by atoms with van der Waals surface area (Å²) in [6, 6.07) is 14.4. The standard InChI is InChI=1S/C31H31F2N5O2/c1-37(12-3-2-11-34)31(40)29-6-4-5-27(36-29)20-7-8-28-25(17-20)30(38-13-9-24(39)10-14-38)26(19-35-28)21-15-22(32)18-23(33)16-21/h4-8,15-19H,2-3,9-14,34H2,1H3. The van der Waals surface area contributed by atoms with Crippen molar-refractivity contribution in [3.05, 3.63) is 78.1 Å². The number of hydrogen-bond donors (Lipinski definition) is 1. The molecule has 0 spiro atoms. The monoisotopic (exact) mass is 543 g/mol. The van der Waals surface area contributed by atoms with Gasteiger partial charge in [-0.2, -0.15) is 0 Å². The van der Waals surface area contributed by atoms with Gasteiger partial charge in [0.15, 0.2) is 0 Å². The third kappa shape index (κ3) is 5.84. The topological polar surface area (TPSA) is 92.4 Å². The second-order valence-electron chi connectivity index (χ2n) is 10.1. The summed E-state index contributed by atoms with van der Waals surface area (Å²) in [6.45, 7) is 2.16. The fraction of sp³-hybridized carbons (Fsp3) is 0.290. The number of nitrogens with two attached hydrogens (primary N) is 1. The van der Waals surface area contributed by atoms with Crippen LogP contribution in [0, 0.1) is 11.6 Å². The van der Waals surface area contributed by atoms with Gasteiger partial charge in [-0.1, -0.05) is 12.1 Å². The number of fused-ring (bicyclic) bond motifs is 1. The number of unbranched alkanes of at least 4 members (excludes halogenated alkanes) is 1. The fourth-order valence-electron chi connectivity index (χ4n) is 5.08. The van der Waals surface area contributed by atoms with Crippen molar-refractivity contribution in [2.24, 2.45) is 5.73 Å². The van der Waals surface area contributed by atoms with E-state index in [1.807, 2.05) is 24.3 Å². The first kappa shape index (κ1) is 27.3. The molecule has 9 heteroatoms. The minimum absolute atomic E-state index is 0.171. The highest BCUT2D eigenvalue weighted by Gasteiger charge is 2.23. The van der Waals surface area contributed by atoms with Crippen molar-refractivity contribution in [2.75, 3.05) is 38.1 Å². The van der Waals surface area contributed by atoms with Crippen molar-refractivity contribution in [1.29, 1.82) is 0 Å². The minimum atomic E-state index is -0.678. The maximum atomic E-state index is 14.2. The number of pyridine rings is 2. The summed E-state index contributed by atoms with van der Waals surface area (Å²) >= 11 is 0. The van der Waals surface area contributed by atoms with E-state index in [1.165, 1.54) is 12.1 Å². The van der Waals surface area contributed by atoms with Crippen LogP contribution in [-0.2, 0) is 4.79 Å². The molecular formula is C31H31F2N5O2. The Hall–Kier alpha value is -4.24. The van der Waals surface area contributed by atoms with Gasteiger partial charge < -0.3 is 15.5 Å². The third-order valence-electron chi connectivity index (χ3n) is 7.21. The lowest BCUT2D eigenvalue weighted by Gasteiger charge is -2.31. The highest BCUT2D eigenvalue weighted by Crippen LogP contribution is 2.39. The van der Waals surface area contributed by atoms with Crippen LogP contribution in [-0.4, -0.2) is 59.8 Å². The number of anilines is 1. The van der Waals surface area contributed by atoms with Crippen molar-refractivity contribution < 1.29 is 18.4 Å². The summed E-state index contributed by atoms with van der Waals surface area (Å²) in [4.78, 5) is 38.0. The molecule has 5 rings (SSSR count). The predicted molar refractivity (Wildman–Crippen MR) is 152 cm³/mol. The first-order valence-electron chi connectivity index (χ1n) is 13.4. The molecule has 0 radical (unpaired) electrons. The molecule has 2 aromatic carbocycles. The highest BCUT2D eigenvalue weighted by molar-refractivity contribution is 6.02. The van der Waals surface area contributed by atoms with Gasteiger partial charge in [-0.05, 0) is 61.3 Å². The maximum Gasteiger partial charge on any atom is 0.272 e. The molecule has 1 aliphatic heterocycles. The Balaban J connectivity index is 1.59. The molecule has 1 saturated heterocycles. The van der Waals surface area contributed by atoms with Gasteiger partial charge in [-0.25, -0.2) is 13.8 Å². The number of aromatic nitrogens is 2. The number of nitrogens with zero attached hydrogens (tertiary/aromatic N) is 4. The smallest absolute Gasteiger partial charge is 0.272 e. The van der Waals surface area contributed by atoms with Crippen molar-refractivity contribution >= 4 is 28.3 Å². The van der Waals surface area contributed by atoms with Crippen LogP contribution in [0.3, 0.4) is 0 Å². The van der Waals surface area contributed by atoms with E-state index < -0.39 is 11.6 Å². The van der Waals surface area contributed by atoms with Gasteiger partial charge in [0.1, 0.15) is 23.1 Å². The van der Waals surface area contributed by atoms with E-state index in [4.69, 9.17) is 5.73 Å². The molecule has 0 aliphatic carbocycles. The van der Waals surface area contributed by atoms with Crippen LogP contribution in [0.15, 0.2) is 60.8 Å². The maximum absolute atomic E-state index is 14.2. The zero-order valence-corrected chi connectivity index (χ0v) is 22.4. The molecular weight excluding hydrogens is 512 g/mol. The first-order valence-corrected chi connectivity index (χ1v) is 13.4. The summed E-state index contributed by atoms with van der Waals surface area (Å²) in [7, 11) is 1.75. The molecule has 3 heterocycles. The van der Waals surface area contributed by atoms with Gasteiger partial charge >= 0.3 is 0 Å². The number of benzene rings is 2. The Morgan fingerprint density at radius 3 is 2.48 bits per heavy atom. The molecule has 1 fully saturated rings. The van der Waals surface area contributed by atoms with Crippen LogP contribution >= 0.6 is 0 Å². The van der Waals surface area contributed by atoms with Crippen LogP contribution in [0.25, 0.3) is 33.3 Å². The Bertz CT molecular complexity index is 1540. The van der Waals surface area contributed by atoms with E-state index in [2.05, 4.69) is 14.9 Å². The Morgan fingerprint density at radius 2 is 1.75 bits per heavy atom. The van der Waals surface area contributed by atoms with E-state index >= 15 is 0 Å². The Labute approximate surface area is 231 Å². The van der Waals surface area contributed by atoms with Crippen LogP contribution in [0.1, 0.15) is 36.2 Å². The molecule has 7 nitrogen and oxygen atoms in total. The number of amides is 1. The quantitative estimate of drug-likeness (QED) is 0.306. The molecule has 2 N–H and O–H groups in total. The number of Topliss-reactive ketones (excluding diaryl/α,β-unsaturated/α-hetero) is 1. The summed E-state index contributed by atoms with van der Waals surface area (Å²) in [5.74, 6) is -1.34. The minimum Gasteiger partial charge on any atom is -0.370 e. The molecule has 4 aromatic rings. The van der Waals surface area contributed by atoms with E-state index in [0.29, 0.717) is 67.1 Å². The van der Waals surface area contributed by atoms with Gasteiger partial charge in [0, 0.05) is 68.3 Å². The molecule has 1 amide bonds. The van der Waals surface area contributed by atoms with E-state index in [1.54, 1.807) is 30.3 Å². The van der Waals surface area contributed by atoms with Crippen LogP contribution in [0.4, 0.5) is 14.5 Å². The summed E-state index contributed by atoms with van der Waals surface area (Å²) in [5.41, 5.74) is 9.70. The van der Waals surface area contributed by atoms with Crippen molar-refractivity contribution in [3.63, 3.8) is 0 Å². The largest absolute Gasteiger partial charge is 0.370 e. The third-order valence-corrected chi connectivity index (χ3v) is 7.21. The first-order chi connectivity index (χ1) is 19.3. The van der Waals surface area contributed by atoms with Crippen LogP contribution in [0.5, 0.6) is 0 Å². The number of ketones is 1. The predicted octanol–water partition coefficient (Wildman–Crippen LogP) is 5.22. The fourth-order valence-corrected chi connectivity index (χ4v) is 5.08. The van der Waals surface area contributed by atoms with Gasteiger partial charge in [0.05, 0.1) is 16.9 Å². The number of carbonyl (C=O) groups is 2. The number of hydrogen-bond acceptors (Lipinski definition) is 6. The molecule has 1 aliphatic rings. The number of piperidine rings is 1. The number of carbonyl (C=O) groups excluding carboxylic acids is 2. The molecule has 0 atom stereocenters. The molecule has 40 heavy (non-hydrogen) atoms. The van der Waals surface area contributed by atoms with Gasteiger partial charge in [-0.3, -0.25) is 14.6 Å². The number of halogens is 2. The van der Waals surface area contributed by atoms with Gasteiger partial charge in [0.2, 0.25) is 0 Å². The van der Waals surface area contributed by atoms with Gasteiger partial charge in [-0.15, -0.1) is 0 Å². The normalized spacial score (nSPS) is 13.6. The zero-order valence-electron chi connectivity index (χ0n) is 22.4. The molecule has 0 unspecified atom stereocenters. The lowest BCUT2D eigenvalue weighted by atomic mass is 9.97. The average molecular weight is 544 g/mol. The van der Waals surface area contributed by atoms with Crippen molar-refractivity contribution in [2.45, 2.75) is 25.7 Å². The van der Waals surface area contributed by atoms with Crippen molar-refractivity contribution in [1.82, 2.24) is 14.9 Å². The van der Waals surface area contributed by atoms with Crippen LogP contribution < -0.4 is 10.6 Å². The van der Waals surface area contributed by atoms with E-state index in [9.17, 15) is 18.4 Å². The molecule has 0 saturated carbocycles. The average Bonchev–Trinajstić information content (AvgIpc) is 2.96. The van der Waals surface area contributed by atoms with Gasteiger partial charge in [0.25, 0.3) is 5.91 Å². The van der Waals surface area contributed by atoms with E-state index in [0.717, 1.165) is 35.5 Å². The van der Waals surface area contributed by atoms with E-state index in [-0.39, 0.29) is 11.7 Å². The lowest BCUT2D eigenvalue weighted by Crippen LogP contribution is -2.34. The molecule has 206 valence electrons. The second kappa shape index (κ2) is 11.9. The highest BCUT2D eigenvalue weighted by atomic mass is 19.1. The van der Waals surface area contributed by atoms with Crippen LogP contribution in [0.2, 0.25) is 0 Å². The molecule has 2 aromatic heterocycles. The summed E-state index contributed by atoms with van der Waals surface area (Å²) in [5, 5.41) is 0.770. The Kier molecular flexibility index (Phi) is 8.11. The lowest BCUT2D eigenvalue weighted by molar-refractivity contribution is -0.119.